The summed E-state index contributed by atoms with van der Waals surface area (Å²) < 4.78 is 2.05. The standard InChI is InChI=1S/C15H25N3/c1-2-18-12-13(11-17-18)10-15(14-6-7-14)8-4-3-5-9-16-15/h11-12,14,16H,2-10H2,1H3. The molecule has 1 aromatic heterocycles. The molecule has 2 fully saturated rings. The first kappa shape index (κ1) is 12.2. The summed E-state index contributed by atoms with van der Waals surface area (Å²) in [6.07, 6.45) is 13.8. The van der Waals surface area contributed by atoms with E-state index in [0.717, 1.165) is 12.5 Å². The molecule has 100 valence electrons. The zero-order valence-corrected chi connectivity index (χ0v) is 11.5. The molecule has 3 nitrogen and oxygen atoms in total. The van der Waals surface area contributed by atoms with Crippen LogP contribution >= 0.6 is 0 Å². The largest absolute Gasteiger partial charge is 0.311 e. The van der Waals surface area contributed by atoms with E-state index in [1.807, 2.05) is 4.68 Å². The van der Waals surface area contributed by atoms with Gasteiger partial charge in [-0.3, -0.25) is 4.68 Å². The van der Waals surface area contributed by atoms with Crippen LogP contribution < -0.4 is 5.32 Å². The van der Waals surface area contributed by atoms with E-state index < -0.39 is 0 Å². The highest BCUT2D eigenvalue weighted by molar-refractivity contribution is 5.14. The number of rotatable bonds is 4. The molecule has 1 N–H and O–H groups in total. The van der Waals surface area contributed by atoms with Gasteiger partial charge in [-0.25, -0.2) is 0 Å². The van der Waals surface area contributed by atoms with Crippen LogP contribution in [0.2, 0.25) is 0 Å². The van der Waals surface area contributed by atoms with Crippen LogP contribution in [-0.4, -0.2) is 21.9 Å². The topological polar surface area (TPSA) is 29.9 Å². The summed E-state index contributed by atoms with van der Waals surface area (Å²) in [6.45, 7) is 4.33. The van der Waals surface area contributed by atoms with Gasteiger partial charge in [0.15, 0.2) is 0 Å². The minimum atomic E-state index is 0.387. The highest BCUT2D eigenvalue weighted by Crippen LogP contribution is 2.45. The minimum Gasteiger partial charge on any atom is -0.311 e. The lowest BCUT2D eigenvalue weighted by Gasteiger charge is -2.34. The summed E-state index contributed by atoms with van der Waals surface area (Å²) in [6, 6.07) is 0. The SMILES string of the molecule is CCn1cc(CC2(C3CC3)CCCCCN2)cn1. The van der Waals surface area contributed by atoms with E-state index in [-0.39, 0.29) is 0 Å². The van der Waals surface area contributed by atoms with E-state index in [2.05, 4.69) is 29.7 Å². The third kappa shape index (κ3) is 2.46. The fourth-order valence-electron chi connectivity index (χ4n) is 3.48. The van der Waals surface area contributed by atoms with E-state index in [0.29, 0.717) is 5.54 Å². The third-order valence-corrected chi connectivity index (χ3v) is 4.67. The normalized spacial score (nSPS) is 29.2. The molecule has 0 amide bonds. The smallest absolute Gasteiger partial charge is 0.0522 e. The van der Waals surface area contributed by atoms with Crippen molar-refractivity contribution in [2.75, 3.05) is 6.54 Å². The molecule has 2 aliphatic rings. The van der Waals surface area contributed by atoms with Gasteiger partial charge >= 0.3 is 0 Å². The fourth-order valence-corrected chi connectivity index (χ4v) is 3.48. The zero-order chi connectivity index (χ0) is 12.4. The average Bonchev–Trinajstić information content (AvgIpc) is 3.16. The van der Waals surface area contributed by atoms with Crippen LogP contribution in [0, 0.1) is 5.92 Å². The lowest BCUT2D eigenvalue weighted by atomic mass is 9.83. The van der Waals surface area contributed by atoms with Crippen molar-refractivity contribution >= 4 is 0 Å². The highest BCUT2D eigenvalue weighted by Gasteiger charge is 2.44. The molecule has 18 heavy (non-hydrogen) atoms. The van der Waals surface area contributed by atoms with Gasteiger partial charge in [0, 0.05) is 18.3 Å². The van der Waals surface area contributed by atoms with Crippen molar-refractivity contribution in [3.05, 3.63) is 18.0 Å². The molecule has 1 saturated heterocycles. The van der Waals surface area contributed by atoms with Crippen LogP contribution in [0.4, 0.5) is 0 Å². The number of hydrogen-bond acceptors (Lipinski definition) is 2. The summed E-state index contributed by atoms with van der Waals surface area (Å²) >= 11 is 0. The third-order valence-electron chi connectivity index (χ3n) is 4.67. The maximum Gasteiger partial charge on any atom is 0.0522 e. The molecule has 1 aliphatic heterocycles. The quantitative estimate of drug-likeness (QED) is 0.886. The average molecular weight is 247 g/mol. The van der Waals surface area contributed by atoms with Crippen LogP contribution in [0.1, 0.15) is 51.0 Å². The molecule has 1 aliphatic carbocycles. The van der Waals surface area contributed by atoms with Crippen molar-refractivity contribution in [1.82, 2.24) is 15.1 Å². The van der Waals surface area contributed by atoms with Crippen LogP contribution in [-0.2, 0) is 13.0 Å². The molecule has 1 atom stereocenters. The summed E-state index contributed by atoms with van der Waals surface area (Å²) in [5.74, 6) is 0.917. The Kier molecular flexibility index (Phi) is 3.42. The molecule has 1 unspecified atom stereocenters. The molecule has 0 aromatic carbocycles. The second-order valence-corrected chi connectivity index (χ2v) is 6.05. The molecule has 0 radical (unpaired) electrons. The minimum absolute atomic E-state index is 0.387. The van der Waals surface area contributed by atoms with Crippen molar-refractivity contribution in [2.24, 2.45) is 5.92 Å². The summed E-state index contributed by atoms with van der Waals surface area (Å²) in [4.78, 5) is 0. The maximum absolute atomic E-state index is 4.42. The first-order chi connectivity index (χ1) is 8.82. The van der Waals surface area contributed by atoms with Crippen molar-refractivity contribution in [1.29, 1.82) is 0 Å². The van der Waals surface area contributed by atoms with Crippen molar-refractivity contribution in [3.63, 3.8) is 0 Å². The Morgan fingerprint density at radius 1 is 1.39 bits per heavy atom. The van der Waals surface area contributed by atoms with Gasteiger partial charge in [0.1, 0.15) is 0 Å². The predicted octanol–water partition coefficient (Wildman–Crippen LogP) is 2.76. The van der Waals surface area contributed by atoms with Gasteiger partial charge in [0.2, 0.25) is 0 Å². The molecule has 0 spiro atoms. The van der Waals surface area contributed by atoms with Gasteiger partial charge in [0.25, 0.3) is 0 Å². The van der Waals surface area contributed by atoms with Crippen molar-refractivity contribution in [3.8, 4) is 0 Å². The monoisotopic (exact) mass is 247 g/mol. The molecule has 1 aromatic rings. The Bertz CT molecular complexity index is 384. The Hall–Kier alpha value is -0.830. The van der Waals surface area contributed by atoms with Crippen LogP contribution in [0.3, 0.4) is 0 Å². The number of nitrogens with zero attached hydrogens (tertiary/aromatic N) is 2. The van der Waals surface area contributed by atoms with Gasteiger partial charge in [-0.15, -0.1) is 0 Å². The zero-order valence-electron chi connectivity index (χ0n) is 11.5. The Morgan fingerprint density at radius 3 is 3.00 bits per heavy atom. The molecule has 3 rings (SSSR count). The summed E-state index contributed by atoms with van der Waals surface area (Å²) in [5, 5.41) is 8.32. The Morgan fingerprint density at radius 2 is 2.28 bits per heavy atom. The summed E-state index contributed by atoms with van der Waals surface area (Å²) in [5.41, 5.74) is 1.80. The van der Waals surface area contributed by atoms with E-state index in [4.69, 9.17) is 0 Å². The van der Waals surface area contributed by atoms with Crippen molar-refractivity contribution in [2.45, 2.75) is 64.0 Å². The molecular formula is C15H25N3. The lowest BCUT2D eigenvalue weighted by Crippen LogP contribution is -2.48. The lowest BCUT2D eigenvalue weighted by molar-refractivity contribution is 0.271. The van der Waals surface area contributed by atoms with Crippen LogP contribution in [0.15, 0.2) is 12.4 Å². The maximum atomic E-state index is 4.42. The van der Waals surface area contributed by atoms with Gasteiger partial charge in [-0.1, -0.05) is 12.8 Å². The van der Waals surface area contributed by atoms with E-state index in [1.165, 1.54) is 57.1 Å². The number of nitrogens with one attached hydrogen (secondary N) is 1. The predicted molar refractivity (Wildman–Crippen MR) is 73.5 cm³/mol. The van der Waals surface area contributed by atoms with Crippen molar-refractivity contribution < 1.29 is 0 Å². The van der Waals surface area contributed by atoms with Crippen LogP contribution in [0.25, 0.3) is 0 Å². The molecular weight excluding hydrogens is 222 g/mol. The van der Waals surface area contributed by atoms with Gasteiger partial charge in [-0.2, -0.15) is 5.10 Å². The van der Waals surface area contributed by atoms with E-state index in [9.17, 15) is 0 Å². The molecule has 0 bridgehead atoms. The number of aromatic nitrogens is 2. The highest BCUT2D eigenvalue weighted by atomic mass is 15.3. The van der Waals surface area contributed by atoms with E-state index >= 15 is 0 Å². The first-order valence-electron chi connectivity index (χ1n) is 7.59. The molecule has 2 heterocycles. The second-order valence-electron chi connectivity index (χ2n) is 6.05. The van der Waals surface area contributed by atoms with Gasteiger partial charge in [0.05, 0.1) is 6.20 Å². The van der Waals surface area contributed by atoms with E-state index in [1.54, 1.807) is 0 Å². The Labute approximate surface area is 110 Å². The second kappa shape index (κ2) is 5.04. The number of hydrogen-bond donors (Lipinski definition) is 1. The molecule has 1 saturated carbocycles. The van der Waals surface area contributed by atoms with Crippen LogP contribution in [0.5, 0.6) is 0 Å². The Balaban J connectivity index is 1.76. The van der Waals surface area contributed by atoms with Gasteiger partial charge < -0.3 is 5.32 Å². The fraction of sp³-hybridized carbons (Fsp3) is 0.800. The number of aryl methyl sites for hydroxylation is 1. The van der Waals surface area contributed by atoms with Gasteiger partial charge in [-0.05, 0) is 57.1 Å². The summed E-state index contributed by atoms with van der Waals surface area (Å²) in [7, 11) is 0. The first-order valence-corrected chi connectivity index (χ1v) is 7.59. The molecule has 3 heteroatoms.